The first kappa shape index (κ1) is 19.8. The van der Waals surface area contributed by atoms with Crippen LogP contribution in [-0.2, 0) is 11.3 Å². The van der Waals surface area contributed by atoms with E-state index in [0.717, 1.165) is 5.56 Å². The maximum Gasteiger partial charge on any atom is 0.270 e. The molecule has 29 heavy (non-hydrogen) atoms. The second-order valence-electron chi connectivity index (χ2n) is 6.46. The average molecular weight is 393 g/mol. The number of nitrogens with zero attached hydrogens (tertiary/aromatic N) is 2. The largest absolute Gasteiger partial charge is 0.467 e. The molecule has 1 aromatic heterocycles. The van der Waals surface area contributed by atoms with Gasteiger partial charge in [0.25, 0.3) is 11.6 Å². The van der Waals surface area contributed by atoms with Crippen molar-refractivity contribution in [1.29, 1.82) is 0 Å². The van der Waals surface area contributed by atoms with Gasteiger partial charge >= 0.3 is 0 Å². The quantitative estimate of drug-likeness (QED) is 0.486. The number of furan rings is 1. The van der Waals surface area contributed by atoms with E-state index in [1.54, 1.807) is 24.3 Å². The molecule has 0 aliphatic rings. The molecule has 0 spiro atoms. The van der Waals surface area contributed by atoms with E-state index in [2.05, 4.69) is 5.32 Å². The number of nitrogens with one attached hydrogen (secondary N) is 1. The summed E-state index contributed by atoms with van der Waals surface area (Å²) in [7, 11) is 0. The minimum Gasteiger partial charge on any atom is -0.467 e. The summed E-state index contributed by atoms with van der Waals surface area (Å²) in [5.74, 6) is -0.407. The number of hydrogen-bond donors (Lipinski definition) is 1. The first-order valence-electron chi connectivity index (χ1n) is 8.85. The summed E-state index contributed by atoms with van der Waals surface area (Å²) in [6.07, 6.45) is 1.47. The Labute approximate surface area is 166 Å². The van der Waals surface area contributed by atoms with E-state index >= 15 is 0 Å². The lowest BCUT2D eigenvalue weighted by atomic mass is 10.1. The highest BCUT2D eigenvalue weighted by molar-refractivity contribution is 5.99. The van der Waals surface area contributed by atoms with Crippen LogP contribution < -0.4 is 5.32 Å². The minimum atomic E-state index is -0.572. The summed E-state index contributed by atoms with van der Waals surface area (Å²) in [4.78, 5) is 37.2. The van der Waals surface area contributed by atoms with Gasteiger partial charge in [0, 0.05) is 23.4 Å². The number of carbonyl (C=O) groups is 2. The number of anilines is 1. The van der Waals surface area contributed by atoms with Crippen LogP contribution in [0, 0.1) is 17.0 Å². The Morgan fingerprint density at radius 3 is 2.52 bits per heavy atom. The Balaban J connectivity index is 1.79. The topological polar surface area (TPSA) is 106 Å². The molecule has 0 aliphatic heterocycles. The predicted molar refractivity (Wildman–Crippen MR) is 106 cm³/mol. The van der Waals surface area contributed by atoms with Gasteiger partial charge in [-0.15, -0.1) is 0 Å². The number of carbonyl (C=O) groups excluding carboxylic acids is 2. The van der Waals surface area contributed by atoms with Crippen molar-refractivity contribution in [3.8, 4) is 0 Å². The smallest absolute Gasteiger partial charge is 0.270 e. The number of rotatable bonds is 7. The van der Waals surface area contributed by atoms with E-state index in [9.17, 15) is 19.7 Å². The van der Waals surface area contributed by atoms with Gasteiger partial charge in [0.15, 0.2) is 0 Å². The highest BCUT2D eigenvalue weighted by Crippen LogP contribution is 2.17. The Morgan fingerprint density at radius 2 is 1.86 bits per heavy atom. The van der Waals surface area contributed by atoms with E-state index in [1.807, 2.05) is 19.1 Å². The third-order valence-corrected chi connectivity index (χ3v) is 4.19. The van der Waals surface area contributed by atoms with Gasteiger partial charge < -0.3 is 14.6 Å². The fraction of sp³-hybridized carbons (Fsp3) is 0.143. The SMILES string of the molecule is Cc1ccc(NC(=O)CN(Cc2ccco2)C(=O)c2cccc([N+](=O)[O-])c2)cc1. The summed E-state index contributed by atoms with van der Waals surface area (Å²) in [5.41, 5.74) is 1.59. The van der Waals surface area contributed by atoms with Crippen LogP contribution in [0.1, 0.15) is 21.7 Å². The van der Waals surface area contributed by atoms with Gasteiger partial charge in [-0.1, -0.05) is 23.8 Å². The minimum absolute atomic E-state index is 0.0514. The lowest BCUT2D eigenvalue weighted by Crippen LogP contribution is -2.37. The zero-order valence-corrected chi connectivity index (χ0v) is 15.7. The van der Waals surface area contributed by atoms with Crippen molar-refractivity contribution < 1.29 is 18.9 Å². The molecular weight excluding hydrogens is 374 g/mol. The van der Waals surface area contributed by atoms with Crippen molar-refractivity contribution in [2.45, 2.75) is 13.5 Å². The molecule has 8 nitrogen and oxygen atoms in total. The van der Waals surface area contributed by atoms with Crippen LogP contribution in [0.3, 0.4) is 0 Å². The maximum absolute atomic E-state index is 13.0. The molecule has 2 aromatic carbocycles. The van der Waals surface area contributed by atoms with E-state index < -0.39 is 10.8 Å². The maximum atomic E-state index is 13.0. The summed E-state index contributed by atoms with van der Waals surface area (Å²) < 4.78 is 5.29. The van der Waals surface area contributed by atoms with Gasteiger partial charge in [-0.2, -0.15) is 0 Å². The molecule has 2 amide bonds. The molecule has 0 radical (unpaired) electrons. The highest BCUT2D eigenvalue weighted by atomic mass is 16.6. The van der Waals surface area contributed by atoms with Crippen molar-refractivity contribution in [1.82, 2.24) is 4.90 Å². The van der Waals surface area contributed by atoms with Crippen LogP contribution in [0.25, 0.3) is 0 Å². The summed E-state index contributed by atoms with van der Waals surface area (Å²) >= 11 is 0. The zero-order valence-electron chi connectivity index (χ0n) is 15.7. The molecule has 3 aromatic rings. The average Bonchev–Trinajstić information content (AvgIpc) is 3.22. The van der Waals surface area contributed by atoms with Gasteiger partial charge in [-0.3, -0.25) is 19.7 Å². The molecule has 0 unspecified atom stereocenters. The molecule has 1 heterocycles. The van der Waals surface area contributed by atoms with Crippen LogP contribution in [0.15, 0.2) is 71.3 Å². The molecule has 148 valence electrons. The van der Waals surface area contributed by atoms with Crippen LogP contribution in [-0.4, -0.2) is 28.2 Å². The predicted octanol–water partition coefficient (Wildman–Crippen LogP) is 3.78. The Kier molecular flexibility index (Phi) is 6.03. The molecule has 0 saturated carbocycles. The van der Waals surface area contributed by atoms with Crippen molar-refractivity contribution in [3.05, 3.63) is 93.9 Å². The second kappa shape index (κ2) is 8.83. The lowest BCUT2D eigenvalue weighted by Gasteiger charge is -2.21. The van der Waals surface area contributed by atoms with Crippen molar-refractivity contribution >= 4 is 23.2 Å². The molecule has 0 atom stereocenters. The van der Waals surface area contributed by atoms with Gasteiger partial charge in [-0.25, -0.2) is 0 Å². The van der Waals surface area contributed by atoms with Crippen molar-refractivity contribution in [3.63, 3.8) is 0 Å². The van der Waals surface area contributed by atoms with Crippen molar-refractivity contribution in [2.24, 2.45) is 0 Å². The first-order chi connectivity index (χ1) is 13.9. The summed E-state index contributed by atoms with van der Waals surface area (Å²) in [5, 5.41) is 13.8. The Bertz CT molecular complexity index is 1010. The van der Waals surface area contributed by atoms with E-state index in [1.165, 1.54) is 35.4 Å². The molecule has 1 N–H and O–H groups in total. The Morgan fingerprint density at radius 1 is 1.10 bits per heavy atom. The van der Waals surface area contributed by atoms with Gasteiger partial charge in [0.2, 0.25) is 5.91 Å². The molecule has 0 saturated heterocycles. The second-order valence-corrected chi connectivity index (χ2v) is 6.46. The number of amides is 2. The number of non-ortho nitro benzene ring substituents is 1. The summed E-state index contributed by atoms with van der Waals surface area (Å²) in [6.45, 7) is 1.75. The summed E-state index contributed by atoms with van der Waals surface area (Å²) in [6, 6.07) is 16.0. The van der Waals surface area contributed by atoms with Crippen LogP contribution >= 0.6 is 0 Å². The number of nitro benzene ring substituents is 1. The van der Waals surface area contributed by atoms with Crippen molar-refractivity contribution in [2.75, 3.05) is 11.9 Å². The van der Waals surface area contributed by atoms with Gasteiger partial charge in [0.1, 0.15) is 12.3 Å². The number of hydrogen-bond acceptors (Lipinski definition) is 5. The third-order valence-electron chi connectivity index (χ3n) is 4.19. The van der Waals surface area contributed by atoms with Crippen LogP contribution in [0.4, 0.5) is 11.4 Å². The number of benzene rings is 2. The molecule has 0 fully saturated rings. The van der Waals surface area contributed by atoms with Gasteiger partial charge in [0.05, 0.1) is 17.7 Å². The standard InChI is InChI=1S/C21H19N3O5/c1-15-7-9-17(10-8-15)22-20(25)14-23(13-19-6-3-11-29-19)21(26)16-4-2-5-18(12-16)24(27)28/h2-12H,13-14H2,1H3,(H,22,25). The first-order valence-corrected chi connectivity index (χ1v) is 8.85. The third kappa shape index (κ3) is 5.29. The fourth-order valence-electron chi connectivity index (χ4n) is 2.74. The molecule has 8 heteroatoms. The molecule has 3 rings (SSSR count). The molecule has 0 bridgehead atoms. The molecule has 0 aliphatic carbocycles. The fourth-order valence-corrected chi connectivity index (χ4v) is 2.74. The Hall–Kier alpha value is -3.94. The van der Waals surface area contributed by atoms with E-state index in [-0.39, 0.29) is 30.2 Å². The normalized spacial score (nSPS) is 10.4. The van der Waals surface area contributed by atoms with Crippen LogP contribution in [0.2, 0.25) is 0 Å². The monoisotopic (exact) mass is 393 g/mol. The zero-order chi connectivity index (χ0) is 20.8. The molecular formula is C21H19N3O5. The lowest BCUT2D eigenvalue weighted by molar-refractivity contribution is -0.384. The highest BCUT2D eigenvalue weighted by Gasteiger charge is 2.22. The van der Waals surface area contributed by atoms with Gasteiger partial charge in [-0.05, 0) is 37.3 Å². The number of aryl methyl sites for hydroxylation is 1. The number of nitro groups is 1. The van der Waals surface area contributed by atoms with Crippen LogP contribution in [0.5, 0.6) is 0 Å². The van der Waals surface area contributed by atoms with E-state index in [0.29, 0.717) is 11.4 Å². The van der Waals surface area contributed by atoms with E-state index in [4.69, 9.17) is 4.42 Å².